The van der Waals surface area contributed by atoms with Crippen molar-refractivity contribution in [2.45, 2.75) is 18.9 Å². The topological polar surface area (TPSA) is 105 Å². The van der Waals surface area contributed by atoms with Gasteiger partial charge in [-0.05, 0) is 18.6 Å². The molecule has 116 valence electrons. The van der Waals surface area contributed by atoms with Crippen LogP contribution in [-0.4, -0.2) is 42.9 Å². The molecular weight excluding hydrogens is 278 g/mol. The number of rotatable bonds is 8. The van der Waals surface area contributed by atoms with Crippen molar-refractivity contribution in [1.82, 2.24) is 5.32 Å². The molecule has 21 heavy (non-hydrogen) atoms. The van der Waals surface area contributed by atoms with Crippen LogP contribution >= 0.6 is 0 Å². The number of carbonyl (C=O) groups excluding carboxylic acids is 1. The smallest absolute Gasteiger partial charge is 0.322 e. The zero-order valence-electron chi connectivity index (χ0n) is 12.0. The lowest BCUT2D eigenvalue weighted by Gasteiger charge is -2.15. The van der Waals surface area contributed by atoms with Crippen LogP contribution in [0.5, 0.6) is 11.5 Å². The van der Waals surface area contributed by atoms with E-state index in [4.69, 9.17) is 14.6 Å². The third-order valence-corrected chi connectivity index (χ3v) is 2.88. The highest BCUT2D eigenvalue weighted by atomic mass is 16.5. The van der Waals surface area contributed by atoms with Gasteiger partial charge in [0.05, 0.1) is 20.3 Å². The van der Waals surface area contributed by atoms with Gasteiger partial charge in [0, 0.05) is 18.1 Å². The fourth-order valence-corrected chi connectivity index (χ4v) is 1.78. The Morgan fingerprint density at radius 3 is 2.57 bits per heavy atom. The summed E-state index contributed by atoms with van der Waals surface area (Å²) < 4.78 is 10.2. The molecule has 0 saturated heterocycles. The minimum Gasteiger partial charge on any atom is -0.497 e. The van der Waals surface area contributed by atoms with E-state index in [9.17, 15) is 14.7 Å². The summed E-state index contributed by atoms with van der Waals surface area (Å²) in [5.74, 6) is -0.473. The Bertz CT molecular complexity index is 502. The molecule has 0 aliphatic rings. The standard InChI is InChI=1S/C14H19NO6/c1-20-9-3-4-10(12(7-9)21-2)11(16)5-6-13(17)15-8-14(18)19/h3-4,7,11,16H,5-6,8H2,1-2H3,(H,15,17)(H,18,19). The second kappa shape index (κ2) is 8.11. The zero-order chi connectivity index (χ0) is 15.8. The van der Waals surface area contributed by atoms with Gasteiger partial charge in [-0.1, -0.05) is 0 Å². The third kappa shape index (κ3) is 5.31. The zero-order valence-corrected chi connectivity index (χ0v) is 12.0. The summed E-state index contributed by atoms with van der Waals surface area (Å²) >= 11 is 0. The van der Waals surface area contributed by atoms with E-state index in [0.29, 0.717) is 17.1 Å². The Balaban J connectivity index is 2.61. The number of carboxylic acid groups (broad SMARTS) is 1. The van der Waals surface area contributed by atoms with Gasteiger partial charge >= 0.3 is 5.97 Å². The Hall–Kier alpha value is -2.28. The summed E-state index contributed by atoms with van der Waals surface area (Å²) in [6.07, 6.45) is -0.709. The molecule has 0 spiro atoms. The van der Waals surface area contributed by atoms with Crippen LogP contribution in [0.1, 0.15) is 24.5 Å². The molecule has 7 heteroatoms. The van der Waals surface area contributed by atoms with E-state index in [1.807, 2.05) is 0 Å². The number of hydrogen-bond donors (Lipinski definition) is 3. The maximum Gasteiger partial charge on any atom is 0.322 e. The fourth-order valence-electron chi connectivity index (χ4n) is 1.78. The van der Waals surface area contributed by atoms with Gasteiger partial charge in [0.15, 0.2) is 0 Å². The number of aliphatic hydroxyl groups excluding tert-OH is 1. The molecule has 0 aromatic heterocycles. The minimum atomic E-state index is -1.11. The Morgan fingerprint density at radius 1 is 1.29 bits per heavy atom. The Morgan fingerprint density at radius 2 is 2.00 bits per heavy atom. The van der Waals surface area contributed by atoms with Gasteiger partial charge in [-0.15, -0.1) is 0 Å². The monoisotopic (exact) mass is 297 g/mol. The number of carboxylic acids is 1. The molecule has 1 aromatic carbocycles. The number of benzene rings is 1. The van der Waals surface area contributed by atoms with Gasteiger partial charge in [-0.25, -0.2) is 0 Å². The summed E-state index contributed by atoms with van der Waals surface area (Å²) in [5.41, 5.74) is 0.546. The maximum atomic E-state index is 11.4. The lowest BCUT2D eigenvalue weighted by molar-refractivity contribution is -0.138. The van der Waals surface area contributed by atoms with Gasteiger partial charge in [0.25, 0.3) is 0 Å². The van der Waals surface area contributed by atoms with Crippen LogP contribution < -0.4 is 14.8 Å². The number of ether oxygens (including phenoxy) is 2. The first kappa shape index (κ1) is 16.8. The molecule has 0 fully saturated rings. The molecule has 0 aliphatic heterocycles. The molecule has 0 radical (unpaired) electrons. The molecule has 1 aromatic rings. The van der Waals surface area contributed by atoms with Crippen molar-refractivity contribution >= 4 is 11.9 Å². The maximum absolute atomic E-state index is 11.4. The van der Waals surface area contributed by atoms with Crippen molar-refractivity contribution < 1.29 is 29.3 Å². The van der Waals surface area contributed by atoms with Crippen LogP contribution in [0.25, 0.3) is 0 Å². The van der Waals surface area contributed by atoms with Crippen molar-refractivity contribution in [2.75, 3.05) is 20.8 Å². The number of methoxy groups -OCH3 is 2. The first-order valence-electron chi connectivity index (χ1n) is 6.36. The Labute approximate surface area is 122 Å². The van der Waals surface area contributed by atoms with E-state index >= 15 is 0 Å². The van der Waals surface area contributed by atoms with E-state index in [-0.39, 0.29) is 12.8 Å². The van der Waals surface area contributed by atoms with E-state index in [1.54, 1.807) is 18.2 Å². The van der Waals surface area contributed by atoms with Crippen LogP contribution in [0, 0.1) is 0 Å². The molecule has 1 amide bonds. The van der Waals surface area contributed by atoms with Crippen LogP contribution in [0.2, 0.25) is 0 Å². The third-order valence-electron chi connectivity index (χ3n) is 2.88. The lowest BCUT2D eigenvalue weighted by Crippen LogP contribution is -2.29. The van der Waals surface area contributed by atoms with Crippen LogP contribution in [0.3, 0.4) is 0 Å². The second-order valence-electron chi connectivity index (χ2n) is 4.33. The molecule has 0 heterocycles. The van der Waals surface area contributed by atoms with E-state index in [0.717, 1.165) is 0 Å². The van der Waals surface area contributed by atoms with Crippen LogP contribution in [0.15, 0.2) is 18.2 Å². The molecule has 0 bridgehead atoms. The van der Waals surface area contributed by atoms with Gasteiger partial charge in [0.1, 0.15) is 18.0 Å². The predicted molar refractivity (Wildman–Crippen MR) is 74.4 cm³/mol. The summed E-state index contributed by atoms with van der Waals surface area (Å²) in [6, 6.07) is 4.99. The highest BCUT2D eigenvalue weighted by Crippen LogP contribution is 2.31. The summed E-state index contributed by atoms with van der Waals surface area (Å²) in [5, 5.41) is 20.8. The number of hydrogen-bond acceptors (Lipinski definition) is 5. The number of aliphatic carboxylic acids is 1. The lowest BCUT2D eigenvalue weighted by atomic mass is 10.0. The van der Waals surface area contributed by atoms with Crippen molar-refractivity contribution in [1.29, 1.82) is 0 Å². The molecule has 3 N–H and O–H groups in total. The average molecular weight is 297 g/mol. The molecule has 7 nitrogen and oxygen atoms in total. The summed E-state index contributed by atoms with van der Waals surface area (Å²) in [4.78, 5) is 21.7. The van der Waals surface area contributed by atoms with Gasteiger partial charge in [-0.3, -0.25) is 9.59 Å². The average Bonchev–Trinajstić information content (AvgIpc) is 2.49. The molecule has 0 saturated carbocycles. The first-order valence-corrected chi connectivity index (χ1v) is 6.36. The Kier molecular flexibility index (Phi) is 6.48. The number of amides is 1. The second-order valence-corrected chi connectivity index (χ2v) is 4.33. The van der Waals surface area contributed by atoms with E-state index in [1.165, 1.54) is 14.2 Å². The SMILES string of the molecule is COc1ccc(C(O)CCC(=O)NCC(=O)O)c(OC)c1. The predicted octanol–water partition coefficient (Wildman–Crippen LogP) is 0.718. The van der Waals surface area contributed by atoms with Gasteiger partial charge in [0.2, 0.25) is 5.91 Å². The normalized spacial score (nSPS) is 11.6. The van der Waals surface area contributed by atoms with Crippen LogP contribution in [-0.2, 0) is 9.59 Å². The quantitative estimate of drug-likeness (QED) is 0.653. The van der Waals surface area contributed by atoms with E-state index < -0.39 is 24.5 Å². The van der Waals surface area contributed by atoms with Crippen molar-refractivity contribution in [2.24, 2.45) is 0 Å². The van der Waals surface area contributed by atoms with Crippen molar-refractivity contribution in [3.05, 3.63) is 23.8 Å². The summed E-state index contributed by atoms with van der Waals surface area (Å²) in [7, 11) is 3.00. The molecule has 1 unspecified atom stereocenters. The van der Waals surface area contributed by atoms with Crippen molar-refractivity contribution in [3.63, 3.8) is 0 Å². The fraction of sp³-hybridized carbons (Fsp3) is 0.429. The minimum absolute atomic E-state index is 0.0175. The number of nitrogens with one attached hydrogen (secondary N) is 1. The number of carbonyl (C=O) groups is 2. The largest absolute Gasteiger partial charge is 0.497 e. The highest BCUT2D eigenvalue weighted by Gasteiger charge is 2.16. The molecule has 0 aliphatic carbocycles. The summed E-state index contributed by atoms with van der Waals surface area (Å²) in [6.45, 7) is -0.430. The van der Waals surface area contributed by atoms with Gasteiger partial charge in [-0.2, -0.15) is 0 Å². The number of aliphatic hydroxyl groups is 1. The van der Waals surface area contributed by atoms with Crippen molar-refractivity contribution in [3.8, 4) is 11.5 Å². The molecular formula is C14H19NO6. The van der Waals surface area contributed by atoms with Gasteiger partial charge < -0.3 is 25.0 Å². The van der Waals surface area contributed by atoms with Crippen LogP contribution in [0.4, 0.5) is 0 Å². The molecule has 1 rings (SSSR count). The first-order chi connectivity index (χ1) is 9.97. The molecule has 1 atom stereocenters. The highest BCUT2D eigenvalue weighted by molar-refractivity contribution is 5.81. The van der Waals surface area contributed by atoms with E-state index in [2.05, 4.69) is 5.32 Å².